The van der Waals surface area contributed by atoms with Gasteiger partial charge in [-0.2, -0.15) is 0 Å². The first-order chi connectivity index (χ1) is 14.0. The molecule has 6 heteroatoms. The molecule has 0 aliphatic rings. The molecule has 0 unspecified atom stereocenters. The van der Waals surface area contributed by atoms with Crippen molar-refractivity contribution in [2.24, 2.45) is 5.73 Å². The molecule has 3 rings (SSSR count). The van der Waals surface area contributed by atoms with Gasteiger partial charge in [-0.15, -0.1) is 10.2 Å². The number of carbonyl (C=O) groups is 1. The number of aliphatic carboxylic acids is 1. The van der Waals surface area contributed by atoms with Crippen LogP contribution in [-0.4, -0.2) is 27.8 Å². The normalized spacial score (nSPS) is 10.9. The van der Waals surface area contributed by atoms with Crippen molar-refractivity contribution >= 4 is 17.6 Å². The Morgan fingerprint density at radius 1 is 1.07 bits per heavy atom. The predicted octanol–water partition coefficient (Wildman–Crippen LogP) is 4.81. The summed E-state index contributed by atoms with van der Waals surface area (Å²) in [5.41, 5.74) is 9.42. The van der Waals surface area contributed by atoms with Crippen LogP contribution in [0.1, 0.15) is 43.2 Å². The van der Waals surface area contributed by atoms with Gasteiger partial charge in [0.05, 0.1) is 6.42 Å². The van der Waals surface area contributed by atoms with Gasteiger partial charge in [0, 0.05) is 18.2 Å². The van der Waals surface area contributed by atoms with Gasteiger partial charge >= 0.3 is 5.97 Å². The number of allylic oxidation sites excluding steroid dienone is 1. The Labute approximate surface area is 171 Å². The Morgan fingerprint density at radius 2 is 1.76 bits per heavy atom. The molecule has 0 radical (unpaired) electrons. The van der Waals surface area contributed by atoms with Gasteiger partial charge in [-0.1, -0.05) is 61.4 Å². The number of nitrogens with two attached hydrogens (primary N) is 1. The molecule has 6 nitrogen and oxygen atoms in total. The number of aromatic nitrogens is 2. The maximum absolute atomic E-state index is 9.52. The van der Waals surface area contributed by atoms with E-state index in [1.807, 2.05) is 48.5 Å². The smallest absolute Gasteiger partial charge is 0.304 e. The van der Waals surface area contributed by atoms with Gasteiger partial charge in [-0.05, 0) is 36.6 Å². The molecule has 3 aromatic rings. The highest BCUT2D eigenvalue weighted by Crippen LogP contribution is 2.24. The molecule has 1 aromatic heterocycles. The molecule has 0 fully saturated rings. The number of hydrogen-bond acceptors (Lipinski definition) is 5. The van der Waals surface area contributed by atoms with Crippen LogP contribution in [0.2, 0.25) is 0 Å². The Balaban J connectivity index is 0.000000438. The molecule has 0 aliphatic heterocycles. The molecule has 0 spiro atoms. The van der Waals surface area contributed by atoms with Gasteiger partial charge in [0.25, 0.3) is 0 Å². The lowest BCUT2D eigenvalue weighted by molar-refractivity contribution is -0.136. The third kappa shape index (κ3) is 7.35. The lowest BCUT2D eigenvalue weighted by Crippen LogP contribution is -2.05. The molecular formula is C23H27N3O3. The van der Waals surface area contributed by atoms with Crippen LogP contribution in [0, 0.1) is 6.92 Å². The van der Waals surface area contributed by atoms with Crippen molar-refractivity contribution in [2.75, 3.05) is 6.54 Å². The van der Waals surface area contributed by atoms with Crippen LogP contribution in [-0.2, 0) is 4.79 Å². The van der Waals surface area contributed by atoms with E-state index in [2.05, 4.69) is 36.2 Å². The van der Waals surface area contributed by atoms with E-state index in [1.165, 1.54) is 16.7 Å². The van der Waals surface area contributed by atoms with Crippen molar-refractivity contribution in [3.8, 4) is 11.5 Å². The largest absolute Gasteiger partial charge is 0.481 e. The van der Waals surface area contributed by atoms with Crippen LogP contribution >= 0.6 is 0 Å². The SMILES string of the molecule is CCC/C(=C/c1nnc(-c2ccc(C)cc2)o1)c1ccccc1.NCCC(=O)O. The van der Waals surface area contributed by atoms with E-state index >= 15 is 0 Å². The Bertz CT molecular complexity index is 916. The minimum absolute atomic E-state index is 0.0694. The molecule has 0 saturated heterocycles. The molecular weight excluding hydrogens is 366 g/mol. The van der Waals surface area contributed by atoms with Crippen molar-refractivity contribution in [3.05, 3.63) is 71.6 Å². The number of aryl methyl sites for hydroxylation is 1. The lowest BCUT2D eigenvalue weighted by Gasteiger charge is -2.04. The molecule has 2 aromatic carbocycles. The third-order valence-electron chi connectivity index (χ3n) is 4.06. The highest BCUT2D eigenvalue weighted by molar-refractivity contribution is 5.79. The number of carboxylic acid groups (broad SMARTS) is 1. The van der Waals surface area contributed by atoms with E-state index in [-0.39, 0.29) is 13.0 Å². The molecule has 1 heterocycles. The molecule has 0 aliphatic carbocycles. The van der Waals surface area contributed by atoms with E-state index in [1.54, 1.807) is 0 Å². The van der Waals surface area contributed by atoms with E-state index < -0.39 is 5.97 Å². The summed E-state index contributed by atoms with van der Waals surface area (Å²) in [6.07, 6.45) is 4.11. The number of benzene rings is 2. The first-order valence-electron chi connectivity index (χ1n) is 9.62. The Kier molecular flexibility index (Phi) is 8.79. The van der Waals surface area contributed by atoms with Gasteiger partial charge in [-0.25, -0.2) is 0 Å². The van der Waals surface area contributed by atoms with Gasteiger partial charge in [0.1, 0.15) is 0 Å². The molecule has 0 atom stereocenters. The monoisotopic (exact) mass is 393 g/mol. The second-order valence-corrected chi connectivity index (χ2v) is 6.53. The second-order valence-electron chi connectivity index (χ2n) is 6.53. The summed E-state index contributed by atoms with van der Waals surface area (Å²) in [5, 5.41) is 16.2. The fourth-order valence-electron chi connectivity index (χ4n) is 2.60. The Hall–Kier alpha value is -3.25. The average molecular weight is 393 g/mol. The fraction of sp³-hybridized carbons (Fsp3) is 0.261. The summed E-state index contributed by atoms with van der Waals surface area (Å²) in [6, 6.07) is 18.4. The second kappa shape index (κ2) is 11.6. The van der Waals surface area contributed by atoms with Crippen molar-refractivity contribution in [3.63, 3.8) is 0 Å². The zero-order chi connectivity index (χ0) is 21.1. The van der Waals surface area contributed by atoms with Crippen LogP contribution in [0.25, 0.3) is 23.1 Å². The average Bonchev–Trinajstić information content (AvgIpc) is 3.18. The quantitative estimate of drug-likeness (QED) is 0.597. The molecule has 3 N–H and O–H groups in total. The molecule has 0 saturated carbocycles. The summed E-state index contributed by atoms with van der Waals surface area (Å²) < 4.78 is 5.81. The maximum atomic E-state index is 9.52. The number of hydrogen-bond donors (Lipinski definition) is 2. The van der Waals surface area contributed by atoms with Crippen molar-refractivity contribution in [1.82, 2.24) is 10.2 Å². The zero-order valence-electron chi connectivity index (χ0n) is 16.8. The van der Waals surface area contributed by atoms with Crippen LogP contribution in [0.3, 0.4) is 0 Å². The van der Waals surface area contributed by atoms with Crippen molar-refractivity contribution in [2.45, 2.75) is 33.1 Å². The molecule has 152 valence electrons. The van der Waals surface area contributed by atoms with Crippen LogP contribution < -0.4 is 5.73 Å². The number of carboxylic acids is 1. The number of nitrogens with zero attached hydrogens (tertiary/aromatic N) is 2. The molecule has 0 bridgehead atoms. The first-order valence-corrected chi connectivity index (χ1v) is 9.62. The Morgan fingerprint density at radius 3 is 2.31 bits per heavy atom. The topological polar surface area (TPSA) is 102 Å². The van der Waals surface area contributed by atoms with Crippen molar-refractivity contribution in [1.29, 1.82) is 0 Å². The molecule has 29 heavy (non-hydrogen) atoms. The van der Waals surface area contributed by atoms with E-state index in [9.17, 15) is 4.79 Å². The maximum Gasteiger partial charge on any atom is 0.304 e. The van der Waals surface area contributed by atoms with Crippen LogP contribution in [0.4, 0.5) is 0 Å². The van der Waals surface area contributed by atoms with Gasteiger partial charge in [0.15, 0.2) is 0 Å². The van der Waals surface area contributed by atoms with Crippen molar-refractivity contribution < 1.29 is 14.3 Å². The van der Waals surface area contributed by atoms with Gasteiger partial charge < -0.3 is 15.3 Å². The molecule has 0 amide bonds. The summed E-state index contributed by atoms with van der Waals surface area (Å²) in [6.45, 7) is 4.46. The lowest BCUT2D eigenvalue weighted by atomic mass is 10.0. The summed E-state index contributed by atoms with van der Waals surface area (Å²) in [4.78, 5) is 9.52. The van der Waals surface area contributed by atoms with E-state index in [0.29, 0.717) is 11.8 Å². The first kappa shape index (κ1) is 22.0. The third-order valence-corrected chi connectivity index (χ3v) is 4.06. The standard InChI is InChI=1S/C20H20N2O.C3H7NO2/c1-3-7-18(16-8-5-4-6-9-16)14-19-21-22-20(23-19)17-12-10-15(2)11-13-17;4-2-1-3(5)6/h4-6,8-14H,3,7H2,1-2H3;1-2,4H2,(H,5,6)/b18-14-;. The summed E-state index contributed by atoms with van der Waals surface area (Å²) in [5.74, 6) is 0.269. The zero-order valence-corrected chi connectivity index (χ0v) is 16.8. The minimum Gasteiger partial charge on any atom is -0.481 e. The van der Waals surface area contributed by atoms with Gasteiger partial charge in [0.2, 0.25) is 11.8 Å². The minimum atomic E-state index is -0.836. The van der Waals surface area contributed by atoms with E-state index in [0.717, 1.165) is 18.4 Å². The fourth-order valence-corrected chi connectivity index (χ4v) is 2.60. The van der Waals surface area contributed by atoms with Crippen LogP contribution in [0.5, 0.6) is 0 Å². The van der Waals surface area contributed by atoms with Crippen LogP contribution in [0.15, 0.2) is 59.0 Å². The summed E-state index contributed by atoms with van der Waals surface area (Å²) >= 11 is 0. The predicted molar refractivity (Wildman–Crippen MR) is 115 cm³/mol. The number of rotatable bonds is 7. The van der Waals surface area contributed by atoms with E-state index in [4.69, 9.17) is 15.3 Å². The van der Waals surface area contributed by atoms with Gasteiger partial charge in [-0.3, -0.25) is 4.79 Å². The summed E-state index contributed by atoms with van der Waals surface area (Å²) in [7, 11) is 0. The highest BCUT2D eigenvalue weighted by Gasteiger charge is 2.08. The highest BCUT2D eigenvalue weighted by atomic mass is 16.4.